The summed E-state index contributed by atoms with van der Waals surface area (Å²) in [6, 6.07) is 16.5. The van der Waals surface area contributed by atoms with Gasteiger partial charge in [-0.05, 0) is 60.2 Å². The number of pyridine rings is 1. The maximum atomic E-state index is 12.7. The second kappa shape index (κ2) is 10.7. The van der Waals surface area contributed by atoms with Crippen LogP contribution in [0.1, 0.15) is 15.9 Å². The van der Waals surface area contributed by atoms with E-state index in [1.54, 1.807) is 42.5 Å². The molecule has 1 heterocycles. The molecule has 4 rings (SSSR count). The summed E-state index contributed by atoms with van der Waals surface area (Å²) < 4.78 is 23.4. The third kappa shape index (κ3) is 6.22. The summed E-state index contributed by atoms with van der Waals surface area (Å²) in [6.45, 7) is 0. The van der Waals surface area contributed by atoms with Crippen molar-refractivity contribution < 1.29 is 23.1 Å². The molecule has 7 nitrogen and oxygen atoms in total. The molecular formula is C26H19Cl3N2O5S. The number of carbonyl (C=O) groups excluding carboxylic acids is 1. The number of benzene rings is 3. The lowest BCUT2D eigenvalue weighted by atomic mass is 10.0. The second-order valence-corrected chi connectivity index (χ2v) is 11.6. The van der Waals surface area contributed by atoms with Gasteiger partial charge in [0.1, 0.15) is 6.04 Å². The van der Waals surface area contributed by atoms with Gasteiger partial charge in [-0.25, -0.2) is 18.2 Å². The summed E-state index contributed by atoms with van der Waals surface area (Å²) in [7, 11) is -3.51. The molecule has 3 aromatic carbocycles. The molecule has 0 aliphatic carbocycles. The summed E-state index contributed by atoms with van der Waals surface area (Å²) in [5.41, 5.74) is 2.71. The predicted octanol–water partition coefficient (Wildman–Crippen LogP) is 5.69. The first-order valence-corrected chi connectivity index (χ1v) is 13.8. The van der Waals surface area contributed by atoms with E-state index in [9.17, 15) is 23.1 Å². The van der Waals surface area contributed by atoms with Gasteiger partial charge in [-0.15, -0.1) is 0 Å². The maximum absolute atomic E-state index is 12.7. The van der Waals surface area contributed by atoms with E-state index in [-0.39, 0.29) is 21.9 Å². The zero-order chi connectivity index (χ0) is 26.9. The van der Waals surface area contributed by atoms with Crippen LogP contribution in [0.15, 0.2) is 71.6 Å². The van der Waals surface area contributed by atoms with Crippen LogP contribution in [0.5, 0.6) is 0 Å². The third-order valence-corrected chi connectivity index (χ3v) is 7.59. The number of halogens is 3. The fraction of sp³-hybridized carbons (Fsp3) is 0.115. The van der Waals surface area contributed by atoms with Gasteiger partial charge in [-0.1, -0.05) is 46.9 Å². The minimum absolute atomic E-state index is 0.000813. The summed E-state index contributed by atoms with van der Waals surface area (Å²) in [5.74, 6) is -1.97. The number of hydrogen-bond acceptors (Lipinski definition) is 5. The van der Waals surface area contributed by atoms with Crippen molar-refractivity contribution in [2.75, 3.05) is 6.26 Å². The Hall–Kier alpha value is -3.17. The lowest BCUT2D eigenvalue weighted by Crippen LogP contribution is -2.42. The number of carboxylic acids is 1. The minimum atomic E-state index is -3.51. The number of aliphatic carboxylic acids is 1. The Kier molecular flexibility index (Phi) is 7.75. The highest BCUT2D eigenvalue weighted by Gasteiger charge is 2.23. The highest BCUT2D eigenvalue weighted by atomic mass is 35.5. The molecule has 2 N–H and O–H groups in total. The van der Waals surface area contributed by atoms with Gasteiger partial charge in [0.25, 0.3) is 5.91 Å². The molecule has 1 atom stereocenters. The van der Waals surface area contributed by atoms with Crippen LogP contribution in [-0.2, 0) is 21.1 Å². The van der Waals surface area contributed by atoms with E-state index in [0.29, 0.717) is 26.8 Å². The summed E-state index contributed by atoms with van der Waals surface area (Å²) >= 11 is 18.4. The van der Waals surface area contributed by atoms with Crippen molar-refractivity contribution in [2.24, 2.45) is 0 Å². The number of nitrogens with zero attached hydrogens (tertiary/aromatic N) is 1. The Morgan fingerprint density at radius 1 is 0.946 bits per heavy atom. The highest BCUT2D eigenvalue weighted by Crippen LogP contribution is 2.30. The van der Waals surface area contributed by atoms with E-state index < -0.39 is 27.8 Å². The molecule has 0 saturated heterocycles. The van der Waals surface area contributed by atoms with Gasteiger partial charge < -0.3 is 10.4 Å². The van der Waals surface area contributed by atoms with Crippen molar-refractivity contribution in [2.45, 2.75) is 17.4 Å². The Balaban J connectivity index is 1.55. The largest absolute Gasteiger partial charge is 0.480 e. The zero-order valence-corrected chi connectivity index (χ0v) is 22.3. The van der Waals surface area contributed by atoms with Gasteiger partial charge in [0.05, 0.1) is 31.7 Å². The molecule has 37 heavy (non-hydrogen) atoms. The molecule has 1 unspecified atom stereocenters. The minimum Gasteiger partial charge on any atom is -0.480 e. The van der Waals surface area contributed by atoms with Crippen molar-refractivity contribution in [3.8, 4) is 11.3 Å². The monoisotopic (exact) mass is 576 g/mol. The van der Waals surface area contributed by atoms with Crippen LogP contribution in [-0.4, -0.2) is 42.7 Å². The van der Waals surface area contributed by atoms with Gasteiger partial charge in [0.2, 0.25) is 0 Å². The van der Waals surface area contributed by atoms with Crippen LogP contribution >= 0.6 is 34.8 Å². The number of hydrogen-bond donors (Lipinski definition) is 2. The molecule has 0 bridgehead atoms. The summed E-state index contributed by atoms with van der Waals surface area (Å²) in [4.78, 5) is 29.2. The Bertz CT molecular complexity index is 1660. The SMILES string of the molecule is CS(=O)(=O)c1ccc(C(=O)NC(Cc2ccc3nc(-c4ccc(Cl)cc4Cl)ccc3c2)C(=O)O)c(Cl)c1. The molecule has 0 aliphatic rings. The topological polar surface area (TPSA) is 113 Å². The van der Waals surface area contributed by atoms with E-state index in [4.69, 9.17) is 34.8 Å². The summed E-state index contributed by atoms with van der Waals surface area (Å²) in [6.07, 6.45) is 1.02. The van der Waals surface area contributed by atoms with Crippen LogP contribution in [0.2, 0.25) is 15.1 Å². The number of sulfone groups is 1. The van der Waals surface area contributed by atoms with Gasteiger partial charge >= 0.3 is 5.97 Å². The van der Waals surface area contributed by atoms with Gasteiger partial charge in [-0.3, -0.25) is 4.79 Å². The fourth-order valence-corrected chi connectivity index (χ4v) is 5.22. The quantitative estimate of drug-likeness (QED) is 0.292. The van der Waals surface area contributed by atoms with Crippen LogP contribution < -0.4 is 5.32 Å². The standard InChI is InChI=1S/C26H19Cl3N2O5S/c1-37(35,36)17-5-7-19(21(29)13-17)25(32)31-24(26(33)34)11-14-2-8-22-15(10-14)3-9-23(30-22)18-6-4-16(27)12-20(18)28/h2-10,12-13,24H,11H2,1H3,(H,31,32)(H,33,34). The van der Waals surface area contributed by atoms with Gasteiger partial charge in [-0.2, -0.15) is 0 Å². The number of aromatic nitrogens is 1. The molecular weight excluding hydrogens is 559 g/mol. The molecule has 0 aliphatic heterocycles. The molecule has 0 saturated carbocycles. The Morgan fingerprint density at radius 3 is 2.35 bits per heavy atom. The van der Waals surface area contributed by atoms with Crippen molar-refractivity contribution in [1.82, 2.24) is 10.3 Å². The number of amides is 1. The van der Waals surface area contributed by atoms with Crippen LogP contribution in [0.3, 0.4) is 0 Å². The molecule has 0 radical (unpaired) electrons. The van der Waals surface area contributed by atoms with E-state index in [1.807, 2.05) is 6.07 Å². The zero-order valence-electron chi connectivity index (χ0n) is 19.2. The average molecular weight is 578 g/mol. The maximum Gasteiger partial charge on any atom is 0.326 e. The molecule has 11 heteroatoms. The van der Waals surface area contributed by atoms with E-state index in [2.05, 4.69) is 10.3 Å². The molecule has 4 aromatic rings. The van der Waals surface area contributed by atoms with Crippen LogP contribution in [0.25, 0.3) is 22.2 Å². The molecule has 1 amide bonds. The highest BCUT2D eigenvalue weighted by molar-refractivity contribution is 7.90. The Morgan fingerprint density at radius 2 is 1.70 bits per heavy atom. The summed E-state index contributed by atoms with van der Waals surface area (Å²) in [5, 5.41) is 13.8. The third-order valence-electron chi connectivity index (χ3n) is 5.62. The number of fused-ring (bicyclic) bond motifs is 1. The smallest absolute Gasteiger partial charge is 0.326 e. The van der Waals surface area contributed by atoms with Crippen molar-refractivity contribution in [3.05, 3.63) is 92.9 Å². The van der Waals surface area contributed by atoms with Crippen molar-refractivity contribution in [1.29, 1.82) is 0 Å². The molecule has 1 aromatic heterocycles. The van der Waals surface area contributed by atoms with Crippen molar-refractivity contribution >= 4 is 67.4 Å². The number of rotatable bonds is 7. The first-order chi connectivity index (χ1) is 17.4. The first-order valence-electron chi connectivity index (χ1n) is 10.8. The Labute approximate surface area is 227 Å². The number of carbonyl (C=O) groups is 2. The van der Waals surface area contributed by atoms with E-state index in [0.717, 1.165) is 23.3 Å². The van der Waals surface area contributed by atoms with Crippen LogP contribution in [0.4, 0.5) is 0 Å². The number of nitrogens with one attached hydrogen (secondary N) is 1. The predicted molar refractivity (Wildman–Crippen MR) is 144 cm³/mol. The van der Waals surface area contributed by atoms with Gasteiger partial charge in [0.15, 0.2) is 9.84 Å². The lowest BCUT2D eigenvalue weighted by molar-refractivity contribution is -0.139. The fourth-order valence-electron chi connectivity index (χ4n) is 3.73. The first kappa shape index (κ1) is 26.9. The van der Waals surface area contributed by atoms with E-state index >= 15 is 0 Å². The molecule has 0 fully saturated rings. The molecule has 0 spiro atoms. The average Bonchev–Trinajstić information content (AvgIpc) is 2.82. The second-order valence-electron chi connectivity index (χ2n) is 8.33. The number of carboxylic acid groups (broad SMARTS) is 1. The van der Waals surface area contributed by atoms with Gasteiger partial charge in [0, 0.05) is 28.6 Å². The normalized spacial score (nSPS) is 12.3. The van der Waals surface area contributed by atoms with Crippen molar-refractivity contribution in [3.63, 3.8) is 0 Å². The van der Waals surface area contributed by atoms with E-state index in [1.165, 1.54) is 12.1 Å². The van der Waals surface area contributed by atoms with Crippen LogP contribution in [0, 0.1) is 0 Å². The lowest BCUT2D eigenvalue weighted by Gasteiger charge is -2.16. The molecule has 190 valence electrons.